The summed E-state index contributed by atoms with van der Waals surface area (Å²) < 4.78 is 0. The first kappa shape index (κ1) is 12.9. The second-order valence-corrected chi connectivity index (χ2v) is 4.26. The lowest BCUT2D eigenvalue weighted by atomic mass is 9.95. The van der Waals surface area contributed by atoms with Crippen LogP contribution in [0.5, 0.6) is 0 Å². The van der Waals surface area contributed by atoms with Gasteiger partial charge in [0, 0.05) is 6.61 Å². The minimum atomic E-state index is -0.274. The lowest BCUT2D eigenvalue weighted by Crippen LogP contribution is -2.32. The van der Waals surface area contributed by atoms with Crippen LogP contribution in [0.25, 0.3) is 0 Å². The van der Waals surface area contributed by atoms with Crippen LogP contribution in [0.4, 0.5) is 0 Å². The topological polar surface area (TPSA) is 38.7 Å². The smallest absolute Gasteiger partial charge is 0.100 e. The highest BCUT2D eigenvalue weighted by atomic mass is 17.2. The van der Waals surface area contributed by atoms with Gasteiger partial charge < -0.3 is 5.11 Å². The number of aliphatic hydroxyl groups excluding tert-OH is 1. The van der Waals surface area contributed by atoms with E-state index in [1.54, 1.807) is 0 Å². The minimum Gasteiger partial charge on any atom is -0.396 e. The molecule has 0 spiro atoms. The Hall–Kier alpha value is -0.120. The Labute approximate surface area is 81.0 Å². The molecule has 0 aliphatic heterocycles. The van der Waals surface area contributed by atoms with Crippen LogP contribution in [-0.2, 0) is 9.78 Å². The highest BCUT2D eigenvalue weighted by Crippen LogP contribution is 2.21. The van der Waals surface area contributed by atoms with Gasteiger partial charge in [0.25, 0.3) is 0 Å². The fourth-order valence-corrected chi connectivity index (χ4v) is 0.532. The molecule has 13 heavy (non-hydrogen) atoms. The third-order valence-electron chi connectivity index (χ3n) is 2.35. The molecule has 0 bridgehead atoms. The molecule has 80 valence electrons. The van der Waals surface area contributed by atoms with Gasteiger partial charge in [-0.15, -0.1) is 0 Å². The van der Waals surface area contributed by atoms with Gasteiger partial charge in [0.15, 0.2) is 0 Å². The average Bonchev–Trinajstić information content (AvgIpc) is 2.01. The third-order valence-corrected chi connectivity index (χ3v) is 2.35. The van der Waals surface area contributed by atoms with E-state index in [4.69, 9.17) is 14.9 Å². The van der Waals surface area contributed by atoms with E-state index < -0.39 is 0 Å². The molecular formula is C10H22O3. The van der Waals surface area contributed by atoms with Crippen molar-refractivity contribution < 1.29 is 14.9 Å². The SMILES string of the molecule is CC(CCO)OOC(C)(C)C(C)C. The molecule has 0 radical (unpaired) electrons. The van der Waals surface area contributed by atoms with Crippen molar-refractivity contribution in [3.8, 4) is 0 Å². The summed E-state index contributed by atoms with van der Waals surface area (Å²) >= 11 is 0. The molecule has 1 atom stereocenters. The van der Waals surface area contributed by atoms with Crippen LogP contribution in [0.1, 0.15) is 41.0 Å². The zero-order valence-electron chi connectivity index (χ0n) is 9.33. The molecule has 0 saturated heterocycles. The van der Waals surface area contributed by atoms with Gasteiger partial charge in [-0.3, -0.25) is 0 Å². The highest BCUT2D eigenvalue weighted by molar-refractivity contribution is 4.70. The van der Waals surface area contributed by atoms with E-state index in [1.807, 2.05) is 20.8 Å². The van der Waals surface area contributed by atoms with E-state index in [2.05, 4.69) is 13.8 Å². The summed E-state index contributed by atoms with van der Waals surface area (Å²) in [6, 6.07) is 0. The number of aliphatic hydroxyl groups is 1. The first-order valence-corrected chi connectivity index (χ1v) is 4.85. The van der Waals surface area contributed by atoms with Crippen LogP contribution < -0.4 is 0 Å². The van der Waals surface area contributed by atoms with E-state index in [0.717, 1.165) is 0 Å². The molecule has 0 rings (SSSR count). The van der Waals surface area contributed by atoms with E-state index in [-0.39, 0.29) is 18.3 Å². The predicted octanol–water partition coefficient (Wildman–Crippen LogP) is 2.14. The molecule has 0 aromatic carbocycles. The lowest BCUT2D eigenvalue weighted by molar-refractivity contribution is -0.383. The maximum Gasteiger partial charge on any atom is 0.100 e. The van der Waals surface area contributed by atoms with Crippen molar-refractivity contribution >= 4 is 0 Å². The van der Waals surface area contributed by atoms with Gasteiger partial charge in [-0.25, -0.2) is 9.78 Å². The second-order valence-electron chi connectivity index (χ2n) is 4.26. The molecular weight excluding hydrogens is 168 g/mol. The molecule has 0 aliphatic carbocycles. The van der Waals surface area contributed by atoms with Crippen molar-refractivity contribution in [2.45, 2.75) is 52.7 Å². The molecule has 1 N–H and O–H groups in total. The predicted molar refractivity (Wildman–Crippen MR) is 52.3 cm³/mol. The van der Waals surface area contributed by atoms with Crippen LogP contribution >= 0.6 is 0 Å². The van der Waals surface area contributed by atoms with Crippen LogP contribution in [0, 0.1) is 5.92 Å². The first-order valence-electron chi connectivity index (χ1n) is 4.85. The monoisotopic (exact) mass is 190 g/mol. The van der Waals surface area contributed by atoms with Crippen LogP contribution in [0.3, 0.4) is 0 Å². The highest BCUT2D eigenvalue weighted by Gasteiger charge is 2.25. The summed E-state index contributed by atoms with van der Waals surface area (Å²) in [6.45, 7) is 10.2. The maximum atomic E-state index is 8.64. The van der Waals surface area contributed by atoms with Crippen molar-refractivity contribution in [3.63, 3.8) is 0 Å². The normalized spacial score (nSPS) is 15.0. The standard InChI is InChI=1S/C10H22O3/c1-8(2)10(4,5)13-12-9(3)6-7-11/h8-9,11H,6-7H2,1-5H3. The maximum absolute atomic E-state index is 8.64. The van der Waals surface area contributed by atoms with Crippen molar-refractivity contribution in [1.29, 1.82) is 0 Å². The van der Waals surface area contributed by atoms with E-state index in [1.165, 1.54) is 0 Å². The summed E-state index contributed by atoms with van der Waals surface area (Å²) in [4.78, 5) is 10.4. The van der Waals surface area contributed by atoms with Gasteiger partial charge in [0.1, 0.15) is 5.60 Å². The van der Waals surface area contributed by atoms with Crippen molar-refractivity contribution in [3.05, 3.63) is 0 Å². The molecule has 1 unspecified atom stereocenters. The van der Waals surface area contributed by atoms with Gasteiger partial charge in [-0.2, -0.15) is 0 Å². The van der Waals surface area contributed by atoms with Gasteiger partial charge in [-0.1, -0.05) is 13.8 Å². The number of hydrogen-bond donors (Lipinski definition) is 1. The van der Waals surface area contributed by atoms with E-state index in [9.17, 15) is 0 Å². The van der Waals surface area contributed by atoms with E-state index in [0.29, 0.717) is 12.3 Å². The number of hydrogen-bond acceptors (Lipinski definition) is 3. The molecule has 0 heterocycles. The van der Waals surface area contributed by atoms with Crippen LogP contribution in [0.2, 0.25) is 0 Å². The Kier molecular flexibility index (Phi) is 5.53. The molecule has 0 saturated carbocycles. The fourth-order valence-electron chi connectivity index (χ4n) is 0.532. The first-order chi connectivity index (χ1) is 5.90. The zero-order chi connectivity index (χ0) is 10.5. The van der Waals surface area contributed by atoms with Gasteiger partial charge >= 0.3 is 0 Å². The molecule has 3 nitrogen and oxygen atoms in total. The van der Waals surface area contributed by atoms with Crippen LogP contribution in [0.15, 0.2) is 0 Å². The van der Waals surface area contributed by atoms with Crippen molar-refractivity contribution in [2.75, 3.05) is 6.61 Å². The Morgan fingerprint density at radius 3 is 2.15 bits per heavy atom. The third kappa shape index (κ3) is 5.24. The van der Waals surface area contributed by atoms with Crippen molar-refractivity contribution in [2.24, 2.45) is 5.92 Å². The Morgan fingerprint density at radius 2 is 1.77 bits per heavy atom. The summed E-state index contributed by atoms with van der Waals surface area (Å²) in [5, 5.41) is 8.64. The molecule has 0 aromatic rings. The Morgan fingerprint density at radius 1 is 1.23 bits per heavy atom. The van der Waals surface area contributed by atoms with Crippen molar-refractivity contribution in [1.82, 2.24) is 0 Å². The van der Waals surface area contributed by atoms with Gasteiger partial charge in [0.05, 0.1) is 6.10 Å². The Balaban J connectivity index is 3.74. The summed E-state index contributed by atoms with van der Waals surface area (Å²) in [6.07, 6.45) is 0.553. The molecule has 0 fully saturated rings. The molecule has 0 amide bonds. The van der Waals surface area contributed by atoms with Crippen LogP contribution in [-0.4, -0.2) is 23.4 Å². The zero-order valence-corrected chi connectivity index (χ0v) is 9.33. The lowest BCUT2D eigenvalue weighted by Gasteiger charge is -2.29. The quantitative estimate of drug-likeness (QED) is 0.515. The Bertz CT molecular complexity index is 132. The van der Waals surface area contributed by atoms with E-state index >= 15 is 0 Å². The second kappa shape index (κ2) is 5.58. The summed E-state index contributed by atoms with van der Waals surface area (Å²) in [5.74, 6) is 0.397. The molecule has 0 aliphatic rings. The largest absolute Gasteiger partial charge is 0.396 e. The molecule has 0 aromatic heterocycles. The summed E-state index contributed by atoms with van der Waals surface area (Å²) in [7, 11) is 0. The minimum absolute atomic E-state index is 0.0528. The fraction of sp³-hybridized carbons (Fsp3) is 1.00. The van der Waals surface area contributed by atoms with Gasteiger partial charge in [0.2, 0.25) is 0 Å². The average molecular weight is 190 g/mol. The molecule has 3 heteroatoms. The van der Waals surface area contributed by atoms with Gasteiger partial charge in [-0.05, 0) is 33.1 Å². The number of rotatable bonds is 6. The summed E-state index contributed by atoms with van der Waals surface area (Å²) in [5.41, 5.74) is -0.274.